The van der Waals surface area contributed by atoms with Crippen LogP contribution in [-0.4, -0.2) is 21.8 Å². The van der Waals surface area contributed by atoms with Crippen LogP contribution < -0.4 is 5.32 Å². The zero-order valence-electron chi connectivity index (χ0n) is 9.64. The highest BCUT2D eigenvalue weighted by atomic mass is 15.3. The summed E-state index contributed by atoms with van der Waals surface area (Å²) in [6, 6.07) is 8.20. The summed E-state index contributed by atoms with van der Waals surface area (Å²) in [7, 11) is 1.91. The van der Waals surface area contributed by atoms with E-state index in [-0.39, 0.29) is 0 Å². The molecule has 2 aromatic rings. The van der Waals surface area contributed by atoms with E-state index < -0.39 is 0 Å². The molecule has 16 heavy (non-hydrogen) atoms. The molecule has 0 aliphatic carbocycles. The van der Waals surface area contributed by atoms with E-state index in [1.165, 1.54) is 0 Å². The van der Waals surface area contributed by atoms with E-state index in [4.69, 9.17) is 0 Å². The minimum atomic E-state index is 0.935. The Morgan fingerprint density at radius 2 is 2.00 bits per heavy atom. The highest BCUT2D eigenvalue weighted by molar-refractivity contribution is 5.59. The molecule has 4 nitrogen and oxygen atoms in total. The fraction of sp³-hybridized carbons (Fsp3) is 0.333. The quantitative estimate of drug-likeness (QED) is 0.853. The summed E-state index contributed by atoms with van der Waals surface area (Å²) in [5.74, 6) is 0.935. The van der Waals surface area contributed by atoms with E-state index in [9.17, 15) is 0 Å². The third-order valence-corrected chi connectivity index (χ3v) is 2.51. The first-order valence-electron chi connectivity index (χ1n) is 5.51. The van der Waals surface area contributed by atoms with E-state index in [1.54, 1.807) is 6.33 Å². The molecule has 0 aliphatic heterocycles. The van der Waals surface area contributed by atoms with Crippen LogP contribution >= 0.6 is 0 Å². The van der Waals surface area contributed by atoms with Crippen molar-refractivity contribution in [2.45, 2.75) is 19.9 Å². The summed E-state index contributed by atoms with van der Waals surface area (Å²) in [6.45, 7) is 3.10. The van der Waals surface area contributed by atoms with Gasteiger partial charge in [-0.25, -0.2) is 0 Å². The van der Waals surface area contributed by atoms with Gasteiger partial charge < -0.3 is 9.88 Å². The first-order chi connectivity index (χ1) is 7.85. The first kappa shape index (κ1) is 10.7. The van der Waals surface area contributed by atoms with Gasteiger partial charge in [-0.15, -0.1) is 10.2 Å². The molecule has 0 saturated heterocycles. The predicted molar refractivity (Wildman–Crippen MR) is 65.3 cm³/mol. The first-order valence-corrected chi connectivity index (χ1v) is 5.51. The van der Waals surface area contributed by atoms with Crippen molar-refractivity contribution in [1.29, 1.82) is 0 Å². The molecule has 0 aliphatic rings. The summed E-state index contributed by atoms with van der Waals surface area (Å²) in [6.07, 6.45) is 2.87. The third kappa shape index (κ3) is 2.05. The van der Waals surface area contributed by atoms with Crippen LogP contribution in [0.15, 0.2) is 30.6 Å². The molecular formula is C12H16N4. The molecule has 1 aromatic heterocycles. The molecule has 0 fully saturated rings. The lowest BCUT2D eigenvalue weighted by Crippen LogP contribution is -1.98. The maximum Gasteiger partial charge on any atom is 0.163 e. The van der Waals surface area contributed by atoms with Gasteiger partial charge in [-0.05, 0) is 30.7 Å². The Morgan fingerprint density at radius 3 is 2.62 bits per heavy atom. The highest BCUT2D eigenvalue weighted by Crippen LogP contribution is 2.19. The number of hydrogen-bond donors (Lipinski definition) is 1. The van der Waals surface area contributed by atoms with Gasteiger partial charge in [0.25, 0.3) is 0 Å². The second-order valence-electron chi connectivity index (χ2n) is 3.68. The zero-order chi connectivity index (χ0) is 11.4. The topological polar surface area (TPSA) is 42.7 Å². The number of rotatable bonds is 4. The van der Waals surface area contributed by atoms with Crippen molar-refractivity contribution in [3.05, 3.63) is 30.6 Å². The molecular weight excluding hydrogens is 200 g/mol. The lowest BCUT2D eigenvalue weighted by atomic mass is 10.2. The van der Waals surface area contributed by atoms with Gasteiger partial charge in [0.05, 0.1) is 0 Å². The van der Waals surface area contributed by atoms with Crippen LogP contribution in [0.2, 0.25) is 0 Å². The average Bonchev–Trinajstić information content (AvgIpc) is 2.78. The Bertz CT molecular complexity index is 444. The number of hydrogen-bond acceptors (Lipinski definition) is 3. The van der Waals surface area contributed by atoms with Crippen LogP contribution in [0.4, 0.5) is 5.69 Å². The van der Waals surface area contributed by atoms with Crippen molar-refractivity contribution >= 4 is 5.69 Å². The standard InChI is InChI=1S/C12H16N4/c1-3-8-16-9-14-15-12(16)10-4-6-11(13-2)7-5-10/h4-7,9,13H,3,8H2,1-2H3. The normalized spacial score (nSPS) is 10.4. The summed E-state index contributed by atoms with van der Waals surface area (Å²) in [5.41, 5.74) is 2.20. The number of nitrogens with zero attached hydrogens (tertiary/aromatic N) is 3. The minimum absolute atomic E-state index is 0.935. The van der Waals surface area contributed by atoms with Gasteiger partial charge >= 0.3 is 0 Å². The molecule has 4 heteroatoms. The molecule has 0 radical (unpaired) electrons. The average molecular weight is 216 g/mol. The molecule has 0 amide bonds. The van der Waals surface area contributed by atoms with Gasteiger partial charge in [-0.1, -0.05) is 6.92 Å². The second kappa shape index (κ2) is 4.79. The Morgan fingerprint density at radius 1 is 1.25 bits per heavy atom. The van der Waals surface area contributed by atoms with Crippen molar-refractivity contribution in [3.8, 4) is 11.4 Å². The lowest BCUT2D eigenvalue weighted by Gasteiger charge is -2.05. The minimum Gasteiger partial charge on any atom is -0.388 e. The van der Waals surface area contributed by atoms with E-state index in [1.807, 2.05) is 19.2 Å². The van der Waals surface area contributed by atoms with Crippen molar-refractivity contribution in [1.82, 2.24) is 14.8 Å². The second-order valence-corrected chi connectivity index (χ2v) is 3.68. The molecule has 0 atom stereocenters. The zero-order valence-corrected chi connectivity index (χ0v) is 9.64. The van der Waals surface area contributed by atoms with Crippen LogP contribution in [-0.2, 0) is 6.54 Å². The number of benzene rings is 1. The van der Waals surface area contributed by atoms with Gasteiger partial charge in [0.15, 0.2) is 5.82 Å². The SMILES string of the molecule is CCCn1cnnc1-c1ccc(NC)cc1. The van der Waals surface area contributed by atoms with Crippen LogP contribution in [0, 0.1) is 0 Å². The molecule has 0 bridgehead atoms. The molecule has 1 aromatic carbocycles. The van der Waals surface area contributed by atoms with Crippen molar-refractivity contribution < 1.29 is 0 Å². The van der Waals surface area contributed by atoms with E-state index in [0.717, 1.165) is 30.0 Å². The van der Waals surface area contributed by atoms with Crippen LogP contribution in [0.5, 0.6) is 0 Å². The molecule has 1 N–H and O–H groups in total. The molecule has 0 unspecified atom stereocenters. The maximum atomic E-state index is 4.15. The molecule has 0 spiro atoms. The van der Waals surface area contributed by atoms with Crippen molar-refractivity contribution in [2.24, 2.45) is 0 Å². The van der Waals surface area contributed by atoms with E-state index >= 15 is 0 Å². The maximum absolute atomic E-state index is 4.15. The molecule has 0 saturated carbocycles. The third-order valence-electron chi connectivity index (χ3n) is 2.51. The fourth-order valence-electron chi connectivity index (χ4n) is 1.67. The van der Waals surface area contributed by atoms with Crippen molar-refractivity contribution in [3.63, 3.8) is 0 Å². The Hall–Kier alpha value is -1.84. The number of nitrogens with one attached hydrogen (secondary N) is 1. The Kier molecular flexibility index (Phi) is 3.19. The van der Waals surface area contributed by atoms with Gasteiger partial charge in [0.2, 0.25) is 0 Å². The Balaban J connectivity index is 2.31. The van der Waals surface area contributed by atoms with Gasteiger partial charge in [0, 0.05) is 24.8 Å². The smallest absolute Gasteiger partial charge is 0.163 e. The van der Waals surface area contributed by atoms with Crippen LogP contribution in [0.25, 0.3) is 11.4 Å². The number of aromatic nitrogens is 3. The van der Waals surface area contributed by atoms with E-state index in [2.05, 4.69) is 39.1 Å². The highest BCUT2D eigenvalue weighted by Gasteiger charge is 2.05. The summed E-state index contributed by atoms with van der Waals surface area (Å²) in [4.78, 5) is 0. The lowest BCUT2D eigenvalue weighted by molar-refractivity contribution is 0.683. The summed E-state index contributed by atoms with van der Waals surface area (Å²) < 4.78 is 2.08. The van der Waals surface area contributed by atoms with E-state index in [0.29, 0.717) is 0 Å². The van der Waals surface area contributed by atoms with Gasteiger partial charge in [0.1, 0.15) is 6.33 Å². The Labute approximate surface area is 95.3 Å². The van der Waals surface area contributed by atoms with Crippen molar-refractivity contribution in [2.75, 3.05) is 12.4 Å². The fourth-order valence-corrected chi connectivity index (χ4v) is 1.67. The van der Waals surface area contributed by atoms with Crippen LogP contribution in [0.1, 0.15) is 13.3 Å². The largest absolute Gasteiger partial charge is 0.388 e. The number of aryl methyl sites for hydroxylation is 1. The van der Waals surface area contributed by atoms with Gasteiger partial charge in [-0.2, -0.15) is 0 Å². The molecule has 1 heterocycles. The predicted octanol–water partition coefficient (Wildman–Crippen LogP) is 2.40. The van der Waals surface area contributed by atoms with Gasteiger partial charge in [-0.3, -0.25) is 0 Å². The van der Waals surface area contributed by atoms with Crippen LogP contribution in [0.3, 0.4) is 0 Å². The monoisotopic (exact) mass is 216 g/mol. The molecule has 2 rings (SSSR count). The summed E-state index contributed by atoms with van der Waals surface area (Å²) in [5, 5.41) is 11.2. The summed E-state index contributed by atoms with van der Waals surface area (Å²) >= 11 is 0. The number of anilines is 1. The molecule has 84 valence electrons.